The number of unbranched alkanes of at least 4 members (excludes halogenated alkanes) is 1. The second kappa shape index (κ2) is 8.75. The summed E-state index contributed by atoms with van der Waals surface area (Å²) in [6, 6.07) is 11.3. The summed E-state index contributed by atoms with van der Waals surface area (Å²) >= 11 is 6.02. The molecule has 0 spiro atoms. The minimum atomic E-state index is -3.73. The van der Waals surface area contributed by atoms with Gasteiger partial charge in [0, 0.05) is 16.8 Å². The first-order valence-corrected chi connectivity index (χ1v) is 10.8. The zero-order valence-electron chi connectivity index (χ0n) is 15.4. The van der Waals surface area contributed by atoms with Crippen LogP contribution in [0.3, 0.4) is 0 Å². The Bertz CT molecular complexity index is 1030. The fourth-order valence-electron chi connectivity index (χ4n) is 2.78. The Hall–Kier alpha value is -2.38. The Morgan fingerprint density at radius 2 is 1.93 bits per heavy atom. The zero-order chi connectivity index (χ0) is 20.1. The van der Waals surface area contributed by atoms with E-state index >= 15 is 0 Å². The second-order valence-electron chi connectivity index (χ2n) is 6.48. The SMILES string of the molecule is CCCCc1ccc(S(=O)(=O)Nc2cnn(Cc3c(F)cccc3Cl)c2)cc1. The average molecular weight is 422 g/mol. The van der Waals surface area contributed by atoms with Crippen LogP contribution in [0.2, 0.25) is 5.02 Å². The third kappa shape index (κ3) is 4.91. The van der Waals surface area contributed by atoms with Crippen LogP contribution in [0.25, 0.3) is 0 Å². The largest absolute Gasteiger partial charge is 0.276 e. The average Bonchev–Trinajstić information content (AvgIpc) is 3.10. The fourth-order valence-corrected chi connectivity index (χ4v) is 4.03. The number of hydrogen-bond acceptors (Lipinski definition) is 3. The summed E-state index contributed by atoms with van der Waals surface area (Å²) in [5, 5.41) is 4.38. The molecule has 3 aromatic rings. The van der Waals surface area contributed by atoms with Crippen LogP contribution in [-0.4, -0.2) is 18.2 Å². The number of aromatic nitrogens is 2. The number of nitrogens with zero attached hydrogens (tertiary/aromatic N) is 2. The second-order valence-corrected chi connectivity index (χ2v) is 8.57. The lowest BCUT2D eigenvalue weighted by atomic mass is 10.1. The van der Waals surface area contributed by atoms with Gasteiger partial charge >= 0.3 is 0 Å². The van der Waals surface area contributed by atoms with Crippen LogP contribution >= 0.6 is 11.6 Å². The van der Waals surface area contributed by atoms with Gasteiger partial charge < -0.3 is 0 Å². The van der Waals surface area contributed by atoms with Crippen molar-refractivity contribution in [2.45, 2.75) is 37.6 Å². The maximum atomic E-state index is 13.9. The molecule has 0 aliphatic carbocycles. The van der Waals surface area contributed by atoms with E-state index in [1.807, 2.05) is 12.1 Å². The van der Waals surface area contributed by atoms with E-state index in [0.29, 0.717) is 16.3 Å². The van der Waals surface area contributed by atoms with Crippen LogP contribution in [0.1, 0.15) is 30.9 Å². The molecule has 28 heavy (non-hydrogen) atoms. The topological polar surface area (TPSA) is 64.0 Å². The molecule has 3 rings (SSSR count). The Kier molecular flexibility index (Phi) is 6.36. The lowest BCUT2D eigenvalue weighted by Gasteiger charge is -2.07. The molecular weight excluding hydrogens is 401 g/mol. The lowest BCUT2D eigenvalue weighted by molar-refractivity contribution is 0.585. The molecule has 5 nitrogen and oxygen atoms in total. The van der Waals surface area contributed by atoms with Crippen LogP contribution < -0.4 is 4.72 Å². The van der Waals surface area contributed by atoms with Crippen molar-refractivity contribution in [3.8, 4) is 0 Å². The van der Waals surface area contributed by atoms with Crippen LogP contribution in [0, 0.1) is 5.82 Å². The van der Waals surface area contributed by atoms with Crippen molar-refractivity contribution in [2.75, 3.05) is 4.72 Å². The number of aryl methyl sites for hydroxylation is 1. The first kappa shape index (κ1) is 20.4. The van der Waals surface area contributed by atoms with Gasteiger partial charge in [-0.2, -0.15) is 5.10 Å². The summed E-state index contributed by atoms with van der Waals surface area (Å²) in [5.74, 6) is -0.437. The van der Waals surface area contributed by atoms with Crippen LogP contribution in [-0.2, 0) is 23.0 Å². The first-order valence-electron chi connectivity index (χ1n) is 8.96. The number of rotatable bonds is 8. The predicted molar refractivity (Wildman–Crippen MR) is 109 cm³/mol. The van der Waals surface area contributed by atoms with E-state index in [9.17, 15) is 12.8 Å². The van der Waals surface area contributed by atoms with Gasteiger partial charge in [0.05, 0.1) is 23.3 Å². The molecule has 0 unspecified atom stereocenters. The molecule has 148 valence electrons. The van der Waals surface area contributed by atoms with Crippen molar-refractivity contribution in [2.24, 2.45) is 0 Å². The normalized spacial score (nSPS) is 11.5. The maximum Gasteiger partial charge on any atom is 0.261 e. The summed E-state index contributed by atoms with van der Waals surface area (Å²) in [4.78, 5) is 0.178. The Morgan fingerprint density at radius 3 is 2.61 bits per heavy atom. The number of halogens is 2. The molecule has 0 aliphatic rings. The Morgan fingerprint density at radius 1 is 1.18 bits per heavy atom. The molecule has 0 amide bonds. The smallest absolute Gasteiger partial charge is 0.261 e. The van der Waals surface area contributed by atoms with Crippen molar-refractivity contribution >= 4 is 27.3 Å². The van der Waals surface area contributed by atoms with Gasteiger partial charge in [-0.05, 0) is 42.7 Å². The van der Waals surface area contributed by atoms with Gasteiger partial charge in [0.2, 0.25) is 0 Å². The molecule has 1 aromatic heterocycles. The molecule has 0 aliphatic heterocycles. The standard InChI is InChI=1S/C20H21ClFN3O2S/c1-2-3-5-15-8-10-17(11-9-15)28(26,27)24-16-12-23-25(13-16)14-18-19(21)6-4-7-20(18)22/h4,6-13,24H,2-3,5,14H2,1H3. The number of anilines is 1. The molecule has 2 aromatic carbocycles. The zero-order valence-corrected chi connectivity index (χ0v) is 17.0. The quantitative estimate of drug-likeness (QED) is 0.564. The molecule has 0 atom stereocenters. The van der Waals surface area contributed by atoms with Crippen molar-refractivity contribution in [1.29, 1.82) is 0 Å². The van der Waals surface area contributed by atoms with E-state index in [1.54, 1.807) is 18.2 Å². The molecule has 0 fully saturated rings. The molecule has 0 bridgehead atoms. The highest BCUT2D eigenvalue weighted by Gasteiger charge is 2.16. The predicted octanol–water partition coefficient (Wildman–Crippen LogP) is 4.87. The number of nitrogens with one attached hydrogen (secondary N) is 1. The molecule has 0 saturated heterocycles. The number of sulfonamides is 1. The lowest BCUT2D eigenvalue weighted by Crippen LogP contribution is -2.12. The van der Waals surface area contributed by atoms with E-state index in [0.717, 1.165) is 24.8 Å². The summed E-state index contributed by atoms with van der Waals surface area (Å²) in [6.45, 7) is 2.21. The highest BCUT2D eigenvalue weighted by atomic mass is 35.5. The number of hydrogen-bond donors (Lipinski definition) is 1. The van der Waals surface area contributed by atoms with Gasteiger partial charge in [-0.25, -0.2) is 12.8 Å². The van der Waals surface area contributed by atoms with E-state index in [4.69, 9.17) is 11.6 Å². The molecule has 0 radical (unpaired) electrons. The third-order valence-electron chi connectivity index (χ3n) is 4.32. The van der Waals surface area contributed by atoms with Crippen molar-refractivity contribution in [1.82, 2.24) is 9.78 Å². The van der Waals surface area contributed by atoms with E-state index in [2.05, 4.69) is 16.7 Å². The van der Waals surface area contributed by atoms with Gasteiger partial charge in [0.25, 0.3) is 10.0 Å². The van der Waals surface area contributed by atoms with E-state index in [1.165, 1.54) is 29.2 Å². The monoisotopic (exact) mass is 421 g/mol. The van der Waals surface area contributed by atoms with Crippen molar-refractivity contribution < 1.29 is 12.8 Å². The number of benzene rings is 2. The molecular formula is C20H21ClFN3O2S. The molecule has 0 saturated carbocycles. The van der Waals surface area contributed by atoms with Gasteiger partial charge in [-0.1, -0.05) is 43.1 Å². The molecule has 8 heteroatoms. The summed E-state index contributed by atoms with van der Waals surface area (Å²) in [7, 11) is -3.73. The van der Waals surface area contributed by atoms with Crippen LogP contribution in [0.5, 0.6) is 0 Å². The first-order chi connectivity index (χ1) is 13.4. The summed E-state index contributed by atoms with van der Waals surface area (Å²) in [5.41, 5.74) is 1.70. The summed E-state index contributed by atoms with van der Waals surface area (Å²) < 4.78 is 43.0. The van der Waals surface area contributed by atoms with Crippen molar-refractivity contribution in [3.63, 3.8) is 0 Å². The summed E-state index contributed by atoms with van der Waals surface area (Å²) in [6.07, 6.45) is 5.95. The molecule has 1 heterocycles. The van der Waals surface area contributed by atoms with Crippen LogP contribution in [0.4, 0.5) is 10.1 Å². The third-order valence-corrected chi connectivity index (χ3v) is 6.07. The Balaban J connectivity index is 1.71. The highest BCUT2D eigenvalue weighted by Crippen LogP contribution is 2.21. The Labute approximate surface area is 169 Å². The maximum absolute atomic E-state index is 13.9. The van der Waals surface area contributed by atoms with Gasteiger partial charge in [-0.3, -0.25) is 9.40 Å². The minimum absolute atomic E-state index is 0.0966. The minimum Gasteiger partial charge on any atom is -0.276 e. The van der Waals surface area contributed by atoms with E-state index < -0.39 is 15.8 Å². The van der Waals surface area contributed by atoms with Gasteiger partial charge in [0.15, 0.2) is 0 Å². The van der Waals surface area contributed by atoms with Crippen molar-refractivity contribution in [3.05, 3.63) is 76.8 Å². The van der Waals surface area contributed by atoms with Gasteiger partial charge in [-0.15, -0.1) is 0 Å². The highest BCUT2D eigenvalue weighted by molar-refractivity contribution is 7.92. The van der Waals surface area contributed by atoms with E-state index in [-0.39, 0.29) is 11.4 Å². The molecule has 1 N–H and O–H groups in total. The van der Waals surface area contributed by atoms with Crippen LogP contribution in [0.15, 0.2) is 59.8 Å². The van der Waals surface area contributed by atoms with Gasteiger partial charge in [0.1, 0.15) is 5.82 Å². The fraction of sp³-hybridized carbons (Fsp3) is 0.250.